The Morgan fingerprint density at radius 3 is 2.49 bits per heavy atom. The number of ether oxygens (including phenoxy) is 2. The van der Waals surface area contributed by atoms with Crippen molar-refractivity contribution in [2.24, 2.45) is 5.14 Å². The monoisotopic (exact) mass is 510 g/mol. The molecule has 180 valence electrons. The SMILES string of the molecule is CCOC(=O)c1csc(-n2nc(C3CC3)c(Oc3ccc(S(N)(=O)=O)cc3)c2-c2ccccc2)n1. The highest BCUT2D eigenvalue weighted by Gasteiger charge is 2.35. The molecule has 2 N–H and O–H groups in total. The van der Waals surface area contributed by atoms with E-state index in [9.17, 15) is 13.2 Å². The molecule has 9 nitrogen and oxygen atoms in total. The van der Waals surface area contributed by atoms with E-state index >= 15 is 0 Å². The lowest BCUT2D eigenvalue weighted by Crippen LogP contribution is -2.11. The summed E-state index contributed by atoms with van der Waals surface area (Å²) in [5.41, 5.74) is 2.55. The standard InChI is InChI=1S/C24H22N4O5S2/c1-2-32-23(29)19-14-34-24(26-19)28-21(16-6-4-3-5-7-16)22(20(27-28)15-8-9-15)33-17-10-12-18(13-11-17)35(25,30)31/h3-7,10-15H,2,8-9H2,1H3,(H2,25,30,31). The van der Waals surface area contributed by atoms with Gasteiger partial charge in [0.2, 0.25) is 15.2 Å². The molecule has 0 saturated heterocycles. The molecule has 0 spiro atoms. The molecule has 2 heterocycles. The van der Waals surface area contributed by atoms with Crippen LogP contribution in [-0.2, 0) is 14.8 Å². The first-order valence-electron chi connectivity index (χ1n) is 11.0. The average molecular weight is 511 g/mol. The number of esters is 1. The van der Waals surface area contributed by atoms with Gasteiger partial charge in [0.05, 0.1) is 11.5 Å². The summed E-state index contributed by atoms with van der Waals surface area (Å²) < 4.78 is 36.4. The number of nitrogens with zero attached hydrogens (tertiary/aromatic N) is 3. The summed E-state index contributed by atoms with van der Waals surface area (Å²) in [7, 11) is -3.81. The molecule has 0 radical (unpaired) electrons. The van der Waals surface area contributed by atoms with Gasteiger partial charge in [-0.3, -0.25) is 0 Å². The Bertz CT molecular complexity index is 1470. The van der Waals surface area contributed by atoms with Crippen LogP contribution >= 0.6 is 11.3 Å². The molecule has 2 aromatic heterocycles. The van der Waals surface area contributed by atoms with Crippen LogP contribution < -0.4 is 9.88 Å². The molecule has 0 atom stereocenters. The number of aromatic nitrogens is 3. The minimum absolute atomic E-state index is 0.000486. The van der Waals surface area contributed by atoms with Gasteiger partial charge in [0.15, 0.2) is 11.4 Å². The molecule has 0 unspecified atom stereocenters. The third kappa shape index (κ3) is 4.83. The average Bonchev–Trinajstić information content (AvgIpc) is 3.44. The molecule has 35 heavy (non-hydrogen) atoms. The highest BCUT2D eigenvalue weighted by molar-refractivity contribution is 7.89. The summed E-state index contributed by atoms with van der Waals surface area (Å²) in [5.74, 6) is 0.761. The molecule has 1 fully saturated rings. The van der Waals surface area contributed by atoms with Gasteiger partial charge in [-0.2, -0.15) is 5.10 Å². The van der Waals surface area contributed by atoms with Gasteiger partial charge in [-0.1, -0.05) is 30.3 Å². The van der Waals surface area contributed by atoms with Crippen LogP contribution in [0.1, 0.15) is 41.9 Å². The second-order valence-corrected chi connectivity index (χ2v) is 10.4. The fourth-order valence-corrected chi connectivity index (χ4v) is 4.87. The van der Waals surface area contributed by atoms with Gasteiger partial charge in [-0.15, -0.1) is 11.3 Å². The third-order valence-electron chi connectivity index (χ3n) is 5.41. The molecule has 0 aliphatic heterocycles. The number of thiazole rings is 1. The largest absolute Gasteiger partial charge is 0.461 e. The van der Waals surface area contributed by atoms with E-state index in [0.717, 1.165) is 24.1 Å². The van der Waals surface area contributed by atoms with Gasteiger partial charge in [0.1, 0.15) is 17.1 Å². The second kappa shape index (κ2) is 9.25. The zero-order valence-electron chi connectivity index (χ0n) is 18.7. The maximum atomic E-state index is 12.2. The van der Waals surface area contributed by atoms with Crippen LogP contribution in [0, 0.1) is 0 Å². The molecule has 4 aromatic rings. The number of primary sulfonamides is 1. The molecule has 0 amide bonds. The number of hydrogen-bond acceptors (Lipinski definition) is 8. The molecule has 5 rings (SSSR count). The zero-order valence-corrected chi connectivity index (χ0v) is 20.4. The predicted molar refractivity (Wildman–Crippen MR) is 130 cm³/mol. The quantitative estimate of drug-likeness (QED) is 0.346. The number of nitrogens with two attached hydrogens (primary N) is 1. The fraction of sp³-hybridized carbons (Fsp3) is 0.208. The Balaban J connectivity index is 1.62. The normalized spacial score (nSPS) is 13.5. The summed E-state index contributed by atoms with van der Waals surface area (Å²) >= 11 is 1.28. The van der Waals surface area contributed by atoms with Crippen LogP contribution in [0.5, 0.6) is 11.5 Å². The predicted octanol–water partition coefficient (Wildman–Crippen LogP) is 4.49. The van der Waals surface area contributed by atoms with Gasteiger partial charge < -0.3 is 9.47 Å². The van der Waals surface area contributed by atoms with E-state index < -0.39 is 16.0 Å². The summed E-state index contributed by atoms with van der Waals surface area (Å²) in [5, 5.41) is 12.2. The third-order valence-corrected chi connectivity index (χ3v) is 7.15. The van der Waals surface area contributed by atoms with Crippen molar-refractivity contribution in [3.05, 3.63) is 71.4 Å². The molecule has 0 bridgehead atoms. The van der Waals surface area contributed by atoms with Crippen LogP contribution in [0.3, 0.4) is 0 Å². The topological polar surface area (TPSA) is 126 Å². The maximum absolute atomic E-state index is 12.2. The Hall–Kier alpha value is -3.54. The number of carbonyl (C=O) groups is 1. The van der Waals surface area contributed by atoms with Gasteiger partial charge in [0.25, 0.3) is 0 Å². The highest BCUT2D eigenvalue weighted by Crippen LogP contribution is 2.49. The van der Waals surface area contributed by atoms with Gasteiger partial charge in [-0.25, -0.2) is 28.0 Å². The lowest BCUT2D eigenvalue weighted by atomic mass is 10.1. The number of hydrogen-bond donors (Lipinski definition) is 1. The molecule has 1 saturated carbocycles. The summed E-state index contributed by atoms with van der Waals surface area (Å²) in [6.07, 6.45) is 1.97. The van der Waals surface area contributed by atoms with Crippen LogP contribution in [0.25, 0.3) is 16.4 Å². The number of benzene rings is 2. The van der Waals surface area contributed by atoms with Crippen molar-refractivity contribution in [2.45, 2.75) is 30.6 Å². The maximum Gasteiger partial charge on any atom is 0.357 e. The highest BCUT2D eigenvalue weighted by atomic mass is 32.2. The van der Waals surface area contributed by atoms with Crippen LogP contribution in [-0.4, -0.2) is 35.8 Å². The zero-order chi connectivity index (χ0) is 24.6. The van der Waals surface area contributed by atoms with Crippen molar-refractivity contribution < 1.29 is 22.7 Å². The van der Waals surface area contributed by atoms with E-state index in [4.69, 9.17) is 19.7 Å². The Morgan fingerprint density at radius 2 is 1.86 bits per heavy atom. The molecule has 1 aliphatic carbocycles. The number of rotatable bonds is 8. The van der Waals surface area contributed by atoms with Crippen LogP contribution in [0.15, 0.2) is 64.9 Å². The first-order valence-corrected chi connectivity index (χ1v) is 13.4. The molecule has 11 heteroatoms. The molecular formula is C24H22N4O5S2. The Labute approximate surface area is 206 Å². The summed E-state index contributed by atoms with van der Waals surface area (Å²) in [4.78, 5) is 16.7. The molecule has 1 aliphatic rings. The van der Waals surface area contributed by atoms with E-state index in [2.05, 4.69) is 4.98 Å². The first kappa shape index (κ1) is 23.2. The molecule has 2 aromatic carbocycles. The fourth-order valence-electron chi connectivity index (χ4n) is 3.61. The van der Waals surface area contributed by atoms with E-state index in [-0.39, 0.29) is 23.1 Å². The summed E-state index contributed by atoms with van der Waals surface area (Å²) in [6.45, 7) is 2.00. The van der Waals surface area contributed by atoms with E-state index in [1.54, 1.807) is 29.1 Å². The van der Waals surface area contributed by atoms with Crippen molar-refractivity contribution in [3.63, 3.8) is 0 Å². The van der Waals surface area contributed by atoms with E-state index in [1.165, 1.54) is 23.5 Å². The first-order chi connectivity index (χ1) is 16.8. The number of sulfonamides is 1. The van der Waals surface area contributed by atoms with E-state index in [1.807, 2.05) is 30.3 Å². The lowest BCUT2D eigenvalue weighted by Gasteiger charge is -2.10. The van der Waals surface area contributed by atoms with Crippen molar-refractivity contribution >= 4 is 27.3 Å². The van der Waals surface area contributed by atoms with Crippen molar-refractivity contribution in [3.8, 4) is 27.9 Å². The van der Waals surface area contributed by atoms with E-state index in [0.29, 0.717) is 22.3 Å². The smallest absolute Gasteiger partial charge is 0.357 e. The Morgan fingerprint density at radius 1 is 1.14 bits per heavy atom. The summed E-state index contributed by atoms with van der Waals surface area (Å²) in [6, 6.07) is 15.6. The number of carbonyl (C=O) groups excluding carboxylic acids is 1. The van der Waals surface area contributed by atoms with Crippen molar-refractivity contribution in [1.29, 1.82) is 0 Å². The minimum Gasteiger partial charge on any atom is -0.461 e. The lowest BCUT2D eigenvalue weighted by molar-refractivity contribution is 0.0520. The van der Waals surface area contributed by atoms with Crippen LogP contribution in [0.4, 0.5) is 0 Å². The van der Waals surface area contributed by atoms with Gasteiger partial charge >= 0.3 is 5.97 Å². The van der Waals surface area contributed by atoms with Crippen LogP contribution in [0.2, 0.25) is 0 Å². The van der Waals surface area contributed by atoms with Crippen molar-refractivity contribution in [2.75, 3.05) is 6.61 Å². The van der Waals surface area contributed by atoms with Gasteiger partial charge in [-0.05, 0) is 44.0 Å². The minimum atomic E-state index is -3.81. The molecular weight excluding hydrogens is 488 g/mol. The Kier molecular flexibility index (Phi) is 6.13. The second-order valence-electron chi connectivity index (χ2n) is 7.97. The van der Waals surface area contributed by atoms with Gasteiger partial charge in [0, 0.05) is 16.9 Å². The van der Waals surface area contributed by atoms with Crippen molar-refractivity contribution in [1.82, 2.24) is 14.8 Å².